The summed E-state index contributed by atoms with van der Waals surface area (Å²) in [6.45, 7) is 1.88. The van der Waals surface area contributed by atoms with E-state index >= 15 is 0 Å². The normalized spacial score (nSPS) is 16.4. The van der Waals surface area contributed by atoms with Gasteiger partial charge in [0.1, 0.15) is 6.04 Å². The molecule has 1 N–H and O–H groups in total. The number of benzene rings is 2. The van der Waals surface area contributed by atoms with E-state index in [9.17, 15) is 9.59 Å². The molecule has 1 aliphatic heterocycles. The maximum atomic E-state index is 13.2. The Labute approximate surface area is 168 Å². The van der Waals surface area contributed by atoms with Gasteiger partial charge >= 0.3 is 0 Å². The molecule has 1 saturated heterocycles. The molecule has 3 aromatic rings. The molecule has 1 aliphatic rings. The largest absolute Gasteiger partial charge is 0.396 e. The minimum Gasteiger partial charge on any atom is -0.396 e. The number of aryl methyl sites for hydroxylation is 1. The summed E-state index contributed by atoms with van der Waals surface area (Å²) in [6, 6.07) is 14.9. The number of carbonyl (C=O) groups is 2. The first-order valence-corrected chi connectivity index (χ1v) is 9.49. The molecule has 29 heavy (non-hydrogen) atoms. The SMILES string of the molecule is Cc1cc(C(=O)N2CC(=O)C[C@H]2c2nc(CCO)no2)ccc1-c1ccccc1. The van der Waals surface area contributed by atoms with Gasteiger partial charge in [0.05, 0.1) is 13.2 Å². The highest BCUT2D eigenvalue weighted by atomic mass is 16.5. The van der Waals surface area contributed by atoms with Crippen molar-refractivity contribution in [3.8, 4) is 11.1 Å². The van der Waals surface area contributed by atoms with Crippen molar-refractivity contribution >= 4 is 11.7 Å². The van der Waals surface area contributed by atoms with Gasteiger partial charge in [0.25, 0.3) is 5.91 Å². The van der Waals surface area contributed by atoms with Gasteiger partial charge in [0.15, 0.2) is 11.6 Å². The average Bonchev–Trinajstić information content (AvgIpc) is 3.34. The third kappa shape index (κ3) is 3.82. The Morgan fingerprint density at radius 1 is 1.24 bits per heavy atom. The predicted octanol–water partition coefficient (Wildman–Crippen LogP) is 2.74. The molecule has 7 nitrogen and oxygen atoms in total. The van der Waals surface area contributed by atoms with Gasteiger partial charge in [-0.3, -0.25) is 9.59 Å². The lowest BCUT2D eigenvalue weighted by Gasteiger charge is -2.21. The van der Waals surface area contributed by atoms with Crippen LogP contribution in [0.2, 0.25) is 0 Å². The number of hydrogen-bond acceptors (Lipinski definition) is 6. The first-order valence-electron chi connectivity index (χ1n) is 9.49. The second kappa shape index (κ2) is 7.97. The fraction of sp³-hybridized carbons (Fsp3) is 0.273. The number of amides is 1. The monoisotopic (exact) mass is 391 g/mol. The van der Waals surface area contributed by atoms with Crippen molar-refractivity contribution in [3.05, 3.63) is 71.4 Å². The third-order valence-electron chi connectivity index (χ3n) is 5.07. The molecule has 0 aliphatic carbocycles. The third-order valence-corrected chi connectivity index (χ3v) is 5.07. The van der Waals surface area contributed by atoms with E-state index in [0.29, 0.717) is 11.4 Å². The number of likely N-dealkylation sites (tertiary alicyclic amines) is 1. The maximum absolute atomic E-state index is 13.2. The molecule has 1 atom stereocenters. The van der Waals surface area contributed by atoms with Gasteiger partial charge in [-0.05, 0) is 35.7 Å². The zero-order chi connectivity index (χ0) is 20.4. The Bertz CT molecular complexity index is 1050. The standard InChI is InChI=1S/C22H21N3O4/c1-14-11-16(7-8-18(14)15-5-3-2-4-6-15)22(28)25-13-17(27)12-19(25)21-23-20(9-10-26)24-29-21/h2-8,11,19,26H,9-10,12-13H2,1H3/t19-/m0/s1. The molecule has 1 amide bonds. The van der Waals surface area contributed by atoms with E-state index in [1.165, 1.54) is 4.90 Å². The zero-order valence-corrected chi connectivity index (χ0v) is 16.0. The number of ketones is 1. The molecule has 1 fully saturated rings. The molecular formula is C22H21N3O4. The Morgan fingerprint density at radius 2 is 2.03 bits per heavy atom. The Kier molecular flexibility index (Phi) is 5.22. The van der Waals surface area contributed by atoms with Crippen LogP contribution in [0.5, 0.6) is 0 Å². The van der Waals surface area contributed by atoms with Crippen LogP contribution in [-0.2, 0) is 11.2 Å². The summed E-state index contributed by atoms with van der Waals surface area (Å²) in [5.41, 5.74) is 3.63. The fourth-order valence-electron chi connectivity index (χ4n) is 3.63. The van der Waals surface area contributed by atoms with Crippen LogP contribution in [0.25, 0.3) is 11.1 Å². The summed E-state index contributed by atoms with van der Waals surface area (Å²) >= 11 is 0. The molecule has 0 bridgehead atoms. The van der Waals surface area contributed by atoms with E-state index < -0.39 is 6.04 Å². The lowest BCUT2D eigenvalue weighted by molar-refractivity contribution is -0.116. The predicted molar refractivity (Wildman–Crippen MR) is 105 cm³/mol. The maximum Gasteiger partial charge on any atom is 0.254 e. The summed E-state index contributed by atoms with van der Waals surface area (Å²) in [7, 11) is 0. The van der Waals surface area contributed by atoms with Crippen LogP contribution in [0.1, 0.15) is 40.1 Å². The van der Waals surface area contributed by atoms with Crippen LogP contribution < -0.4 is 0 Å². The van der Waals surface area contributed by atoms with Gasteiger partial charge < -0.3 is 14.5 Å². The highest BCUT2D eigenvalue weighted by Gasteiger charge is 2.39. The highest BCUT2D eigenvalue weighted by molar-refractivity contribution is 5.99. The summed E-state index contributed by atoms with van der Waals surface area (Å²) in [5.74, 6) is 0.288. The summed E-state index contributed by atoms with van der Waals surface area (Å²) < 4.78 is 5.25. The van der Waals surface area contributed by atoms with Crippen LogP contribution in [-0.4, -0.2) is 45.0 Å². The molecule has 4 rings (SSSR count). The van der Waals surface area contributed by atoms with E-state index in [0.717, 1.165) is 16.7 Å². The van der Waals surface area contributed by atoms with Crippen LogP contribution in [0.3, 0.4) is 0 Å². The van der Waals surface area contributed by atoms with Crippen molar-refractivity contribution in [1.82, 2.24) is 15.0 Å². The van der Waals surface area contributed by atoms with E-state index in [2.05, 4.69) is 10.1 Å². The molecule has 1 aromatic heterocycles. The number of aliphatic hydroxyl groups excluding tert-OH is 1. The van der Waals surface area contributed by atoms with Gasteiger partial charge in [-0.1, -0.05) is 41.6 Å². The van der Waals surface area contributed by atoms with Gasteiger partial charge in [-0.25, -0.2) is 0 Å². The van der Waals surface area contributed by atoms with Crippen LogP contribution in [0, 0.1) is 6.92 Å². The number of hydrogen-bond donors (Lipinski definition) is 1. The molecule has 2 aromatic carbocycles. The van der Waals surface area contributed by atoms with Gasteiger partial charge in [0, 0.05) is 18.4 Å². The molecule has 0 spiro atoms. The number of aliphatic hydroxyl groups is 1. The molecule has 0 radical (unpaired) electrons. The topological polar surface area (TPSA) is 96.5 Å². The number of carbonyl (C=O) groups excluding carboxylic acids is 2. The highest BCUT2D eigenvalue weighted by Crippen LogP contribution is 2.32. The molecule has 0 saturated carbocycles. The van der Waals surface area contributed by atoms with E-state index in [-0.39, 0.29) is 43.6 Å². The van der Waals surface area contributed by atoms with Crippen LogP contribution in [0.15, 0.2) is 53.1 Å². The quantitative estimate of drug-likeness (QED) is 0.718. The van der Waals surface area contributed by atoms with Crippen LogP contribution >= 0.6 is 0 Å². The van der Waals surface area contributed by atoms with Crippen molar-refractivity contribution in [1.29, 1.82) is 0 Å². The first kappa shape index (κ1) is 19.0. The molecule has 0 unspecified atom stereocenters. The molecule has 7 heteroatoms. The van der Waals surface area contributed by atoms with Crippen molar-refractivity contribution in [2.24, 2.45) is 0 Å². The van der Waals surface area contributed by atoms with E-state index in [4.69, 9.17) is 9.63 Å². The smallest absolute Gasteiger partial charge is 0.254 e. The number of nitrogens with zero attached hydrogens (tertiary/aromatic N) is 3. The minimum absolute atomic E-state index is 0.0146. The van der Waals surface area contributed by atoms with Gasteiger partial charge in [-0.2, -0.15) is 4.98 Å². The van der Waals surface area contributed by atoms with Gasteiger partial charge in [0.2, 0.25) is 5.89 Å². The summed E-state index contributed by atoms with van der Waals surface area (Å²) in [6.07, 6.45) is 0.409. The van der Waals surface area contributed by atoms with Crippen molar-refractivity contribution in [2.45, 2.75) is 25.8 Å². The number of rotatable bonds is 5. The Balaban J connectivity index is 1.60. The molecule has 2 heterocycles. The second-order valence-corrected chi connectivity index (χ2v) is 7.11. The minimum atomic E-state index is -0.580. The summed E-state index contributed by atoms with van der Waals surface area (Å²) in [4.78, 5) is 31.0. The van der Waals surface area contributed by atoms with Gasteiger partial charge in [-0.15, -0.1) is 0 Å². The Hall–Kier alpha value is -3.32. The van der Waals surface area contributed by atoms with Crippen molar-refractivity contribution < 1.29 is 19.2 Å². The van der Waals surface area contributed by atoms with E-state index in [1.807, 2.05) is 49.4 Å². The second-order valence-electron chi connectivity index (χ2n) is 7.11. The first-order chi connectivity index (χ1) is 14.1. The zero-order valence-electron chi connectivity index (χ0n) is 16.0. The number of Topliss-reactive ketones (excluding diaryl/α,β-unsaturated/α-hetero) is 1. The molecular weight excluding hydrogens is 370 g/mol. The molecule has 148 valence electrons. The lowest BCUT2D eigenvalue weighted by Crippen LogP contribution is -2.31. The Morgan fingerprint density at radius 3 is 2.76 bits per heavy atom. The van der Waals surface area contributed by atoms with Crippen molar-refractivity contribution in [3.63, 3.8) is 0 Å². The van der Waals surface area contributed by atoms with Crippen molar-refractivity contribution in [2.75, 3.05) is 13.2 Å². The fourth-order valence-corrected chi connectivity index (χ4v) is 3.63. The average molecular weight is 391 g/mol. The van der Waals surface area contributed by atoms with E-state index in [1.54, 1.807) is 6.07 Å². The summed E-state index contributed by atoms with van der Waals surface area (Å²) in [5, 5.41) is 12.8. The van der Waals surface area contributed by atoms with Crippen LogP contribution in [0.4, 0.5) is 0 Å². The lowest BCUT2D eigenvalue weighted by atomic mass is 9.98. The number of aromatic nitrogens is 2.